The van der Waals surface area contributed by atoms with E-state index in [0.29, 0.717) is 60.6 Å². The number of nitrogens with zero attached hydrogens (tertiary/aromatic N) is 1. The maximum Gasteiger partial charge on any atom is 0.191 e. The number of ether oxygens (including phenoxy) is 1. The predicted octanol–water partition coefficient (Wildman–Crippen LogP) is 6.61. The van der Waals surface area contributed by atoms with Gasteiger partial charge in [0.15, 0.2) is 17.8 Å². The van der Waals surface area contributed by atoms with Gasteiger partial charge in [-0.3, -0.25) is 4.79 Å². The summed E-state index contributed by atoms with van der Waals surface area (Å²) in [6.45, 7) is 13.0. The summed E-state index contributed by atoms with van der Waals surface area (Å²) in [7, 11) is 0. The van der Waals surface area contributed by atoms with Crippen LogP contribution in [-0.4, -0.2) is 45.3 Å². The number of aliphatic hydroxyl groups is 1. The molecule has 0 radical (unpaired) electrons. The molecular weight excluding hydrogens is 436 g/mol. The molecule has 1 heterocycles. The lowest BCUT2D eigenvalue weighted by Crippen LogP contribution is -2.27. The van der Waals surface area contributed by atoms with Crippen LogP contribution < -0.4 is 4.74 Å². The third-order valence-electron chi connectivity index (χ3n) is 5.95. The molecule has 0 aromatic carbocycles. The van der Waals surface area contributed by atoms with Crippen molar-refractivity contribution in [2.24, 2.45) is 17.0 Å². The first-order valence-corrected chi connectivity index (χ1v) is 13.4. The maximum atomic E-state index is 12.9. The van der Waals surface area contributed by atoms with E-state index in [4.69, 9.17) is 9.57 Å². The van der Waals surface area contributed by atoms with Gasteiger partial charge in [0.25, 0.3) is 0 Å². The molecule has 2 N–H and O–H groups in total. The van der Waals surface area contributed by atoms with Crippen molar-refractivity contribution in [2.75, 3.05) is 12.4 Å². The first-order valence-electron chi connectivity index (χ1n) is 12.3. The Hall–Kier alpha value is -1.89. The van der Waals surface area contributed by atoms with Crippen LogP contribution in [0.15, 0.2) is 28.8 Å². The van der Waals surface area contributed by atoms with Crippen molar-refractivity contribution < 1.29 is 19.5 Å². The molecule has 0 spiro atoms. The van der Waals surface area contributed by atoms with Crippen LogP contribution in [0.1, 0.15) is 78.7 Å². The summed E-state index contributed by atoms with van der Waals surface area (Å²) >= 11 is 1.88. The number of thioether (sulfide) groups is 1. The Bertz CT molecular complexity index is 815. The molecule has 33 heavy (non-hydrogen) atoms. The van der Waals surface area contributed by atoms with Crippen molar-refractivity contribution in [2.45, 2.75) is 91.4 Å². The van der Waals surface area contributed by atoms with E-state index in [-0.39, 0.29) is 23.6 Å². The summed E-state index contributed by atoms with van der Waals surface area (Å²) in [6.07, 6.45) is 5.83. The zero-order valence-corrected chi connectivity index (χ0v) is 22.0. The highest BCUT2D eigenvalue weighted by Gasteiger charge is 2.32. The lowest BCUT2D eigenvalue weighted by Gasteiger charge is -2.27. The van der Waals surface area contributed by atoms with Gasteiger partial charge in [0.1, 0.15) is 12.4 Å². The number of oxime groups is 1. The second-order valence-electron chi connectivity index (χ2n) is 9.38. The van der Waals surface area contributed by atoms with Crippen LogP contribution >= 0.6 is 11.8 Å². The molecule has 1 aliphatic carbocycles. The van der Waals surface area contributed by atoms with E-state index >= 15 is 0 Å². The number of allylic oxidation sites excluding steroid dienone is 2. The van der Waals surface area contributed by atoms with E-state index < -0.39 is 0 Å². The second kappa shape index (κ2) is 13.7. The fourth-order valence-electron chi connectivity index (χ4n) is 3.95. The van der Waals surface area contributed by atoms with Crippen LogP contribution in [-0.2, 0) is 9.63 Å². The number of carbonyl (C=O) groups excluding carboxylic acids is 1. The van der Waals surface area contributed by atoms with Gasteiger partial charge in [-0.05, 0) is 56.3 Å². The molecule has 1 aliphatic rings. The van der Waals surface area contributed by atoms with Crippen LogP contribution in [0.4, 0.5) is 0 Å². The lowest BCUT2D eigenvalue weighted by atomic mass is 9.82. The quantitative estimate of drug-likeness (QED) is 0.232. The van der Waals surface area contributed by atoms with Gasteiger partial charge in [0.2, 0.25) is 0 Å². The number of H-pyrrole nitrogens is 1. The number of aryl methyl sites for hydroxylation is 1. The average molecular weight is 479 g/mol. The molecule has 0 aliphatic heterocycles. The zero-order chi connectivity index (χ0) is 24.4. The fraction of sp³-hybridized carbons (Fsp3) is 0.692. The van der Waals surface area contributed by atoms with Gasteiger partial charge in [0, 0.05) is 29.9 Å². The normalized spacial score (nSPS) is 19.2. The monoisotopic (exact) mass is 478 g/mol. The molecule has 0 saturated carbocycles. The Morgan fingerprint density at radius 3 is 2.70 bits per heavy atom. The third kappa shape index (κ3) is 8.76. The van der Waals surface area contributed by atoms with E-state index in [0.717, 1.165) is 24.2 Å². The minimum Gasteiger partial charge on any atom is -0.511 e. The predicted molar refractivity (Wildman–Crippen MR) is 137 cm³/mol. The van der Waals surface area contributed by atoms with Crippen LogP contribution in [0.2, 0.25) is 0 Å². The third-order valence-corrected chi connectivity index (χ3v) is 7.04. The summed E-state index contributed by atoms with van der Waals surface area (Å²) < 4.78 is 5.80. The van der Waals surface area contributed by atoms with Gasteiger partial charge in [-0.1, -0.05) is 39.8 Å². The molecule has 0 bridgehead atoms. The zero-order valence-electron chi connectivity index (χ0n) is 21.1. The van der Waals surface area contributed by atoms with E-state index in [1.54, 1.807) is 0 Å². The van der Waals surface area contributed by atoms with E-state index in [1.807, 2.05) is 37.9 Å². The highest BCUT2D eigenvalue weighted by Crippen LogP contribution is 2.34. The number of aliphatic hydroxyl groups excluding tert-OH is 1. The van der Waals surface area contributed by atoms with Crippen LogP contribution in [0, 0.1) is 18.8 Å². The number of hydrogen-bond acceptors (Lipinski definition) is 6. The Morgan fingerprint density at radius 1 is 1.33 bits per heavy atom. The lowest BCUT2D eigenvalue weighted by molar-refractivity contribution is -0.116. The van der Waals surface area contributed by atoms with Crippen molar-refractivity contribution >= 4 is 23.3 Å². The summed E-state index contributed by atoms with van der Waals surface area (Å²) in [4.78, 5) is 21.8. The number of rotatable bonds is 14. The molecule has 0 fully saturated rings. The van der Waals surface area contributed by atoms with Crippen LogP contribution in [0.3, 0.4) is 0 Å². The maximum absolute atomic E-state index is 12.9. The molecule has 2 rings (SSSR count). The van der Waals surface area contributed by atoms with Gasteiger partial charge in [-0.25, -0.2) is 0 Å². The Labute approximate surface area is 203 Å². The van der Waals surface area contributed by atoms with Gasteiger partial charge < -0.3 is 19.7 Å². The molecule has 1 aromatic heterocycles. The molecule has 0 saturated heterocycles. The molecule has 3 unspecified atom stereocenters. The first-order chi connectivity index (χ1) is 15.7. The smallest absolute Gasteiger partial charge is 0.191 e. The largest absolute Gasteiger partial charge is 0.511 e. The molecule has 186 valence electrons. The van der Waals surface area contributed by atoms with Gasteiger partial charge in [-0.2, -0.15) is 11.8 Å². The minimum atomic E-state index is -0.249. The van der Waals surface area contributed by atoms with Gasteiger partial charge in [0.05, 0.1) is 11.3 Å². The van der Waals surface area contributed by atoms with Crippen LogP contribution in [0.25, 0.3) is 0 Å². The van der Waals surface area contributed by atoms with Crippen molar-refractivity contribution in [3.63, 3.8) is 0 Å². The number of nitrogens with one attached hydrogen (secondary N) is 1. The van der Waals surface area contributed by atoms with Gasteiger partial charge >= 0.3 is 0 Å². The Balaban J connectivity index is 2.20. The Morgan fingerprint density at radius 2 is 2.09 bits per heavy atom. The molecule has 6 nitrogen and oxygen atoms in total. The first kappa shape index (κ1) is 27.4. The average Bonchev–Trinajstić information content (AvgIpc) is 3.18. The fourth-order valence-corrected chi connectivity index (χ4v) is 4.89. The van der Waals surface area contributed by atoms with Crippen LogP contribution in [0.5, 0.6) is 5.88 Å². The number of Topliss-reactive ketones (excluding diaryl/α,β-unsaturated/α-hetero) is 1. The van der Waals surface area contributed by atoms with Crippen molar-refractivity contribution in [1.29, 1.82) is 0 Å². The summed E-state index contributed by atoms with van der Waals surface area (Å²) in [5.74, 6) is 2.36. The summed E-state index contributed by atoms with van der Waals surface area (Å²) in [5.41, 5.74) is 2.06. The van der Waals surface area contributed by atoms with Crippen molar-refractivity contribution in [1.82, 2.24) is 4.98 Å². The molecule has 7 heteroatoms. The number of hydrogen-bond donors (Lipinski definition) is 2. The highest BCUT2D eigenvalue weighted by atomic mass is 32.2. The minimum absolute atomic E-state index is 0.00239. The SMILES string of the molecule is CCSC(C)CC1CCC(=O)C(C(CCC(C)C)=NOC(CC)COc2cc(C)c[nH]2)=C1O. The van der Waals surface area contributed by atoms with E-state index in [2.05, 4.69) is 37.8 Å². The standard InChI is InChI=1S/C26H42N2O4S/c1-7-21(16-31-24-13-18(5)15-27-24)32-28-22(11-9-17(3)4)25-23(29)12-10-20(26(25)30)14-19(6)33-8-2/h13,15,17,19-21,27,30H,7-12,14,16H2,1-6H3. The number of aromatic amines is 1. The number of aromatic nitrogens is 1. The second-order valence-corrected chi connectivity index (χ2v) is 11.1. The molecule has 3 atom stereocenters. The molecule has 1 aromatic rings. The molecular formula is C26H42N2O4S. The Kier molecular flexibility index (Phi) is 11.4. The number of ketones is 1. The highest BCUT2D eigenvalue weighted by molar-refractivity contribution is 7.99. The van der Waals surface area contributed by atoms with E-state index in [9.17, 15) is 9.90 Å². The van der Waals surface area contributed by atoms with Gasteiger partial charge in [-0.15, -0.1) is 0 Å². The summed E-state index contributed by atoms with van der Waals surface area (Å²) in [5, 5.41) is 16.0. The topological polar surface area (TPSA) is 83.9 Å². The summed E-state index contributed by atoms with van der Waals surface area (Å²) in [6, 6.07) is 1.94. The molecule has 0 amide bonds. The van der Waals surface area contributed by atoms with E-state index in [1.165, 1.54) is 0 Å². The van der Waals surface area contributed by atoms with Crippen molar-refractivity contribution in [3.8, 4) is 5.88 Å². The van der Waals surface area contributed by atoms with Crippen molar-refractivity contribution in [3.05, 3.63) is 29.2 Å². The number of carbonyl (C=O) groups is 1.